The molecule has 4 fully saturated rings. The SMILES string of the molecule is CN(C)C(=O)N1C[C@@H](c2cccc(O)c2)[C@@H]2[C@H]1C1CCN2CC1. The van der Waals surface area contributed by atoms with E-state index in [1.165, 1.54) is 12.8 Å². The van der Waals surface area contributed by atoms with Crippen LogP contribution in [-0.4, -0.2) is 71.7 Å². The van der Waals surface area contributed by atoms with E-state index in [2.05, 4.69) is 15.9 Å². The van der Waals surface area contributed by atoms with Crippen LogP contribution in [0, 0.1) is 5.92 Å². The first-order chi connectivity index (χ1) is 11.1. The number of hydrogen-bond donors (Lipinski definition) is 1. The lowest BCUT2D eigenvalue weighted by Crippen LogP contribution is -2.61. The number of fused-ring (bicyclic) bond motifs is 2. The number of benzene rings is 1. The molecule has 124 valence electrons. The number of amides is 2. The maximum Gasteiger partial charge on any atom is 0.319 e. The lowest BCUT2D eigenvalue weighted by molar-refractivity contribution is 0.000895. The molecule has 5 rings (SSSR count). The maximum atomic E-state index is 12.7. The fourth-order valence-corrected chi connectivity index (χ4v) is 4.95. The number of likely N-dealkylation sites (tertiary alicyclic amines) is 1. The summed E-state index contributed by atoms with van der Waals surface area (Å²) in [4.78, 5) is 19.1. The standard InChI is InChI=1S/C18H25N3O2/c1-19(2)18(23)21-11-15(13-4-3-5-14(22)10-13)17-16(21)12-6-8-20(17)9-7-12/h3-5,10,12,15-17,22H,6-9,11H2,1-2H3/t15-,16+,17+/m0/s1. The Bertz CT molecular complexity index is 610. The van der Waals surface area contributed by atoms with E-state index in [1.54, 1.807) is 11.0 Å². The molecular formula is C18H25N3O2. The van der Waals surface area contributed by atoms with Crippen LogP contribution >= 0.6 is 0 Å². The molecular weight excluding hydrogens is 290 g/mol. The Morgan fingerprint density at radius 2 is 1.96 bits per heavy atom. The van der Waals surface area contributed by atoms with Gasteiger partial charge in [0, 0.05) is 32.6 Å². The zero-order valence-corrected chi connectivity index (χ0v) is 13.9. The van der Waals surface area contributed by atoms with Crippen LogP contribution in [0.25, 0.3) is 0 Å². The molecule has 1 aromatic carbocycles. The van der Waals surface area contributed by atoms with E-state index in [4.69, 9.17) is 0 Å². The Balaban J connectivity index is 1.72. The number of urea groups is 1. The van der Waals surface area contributed by atoms with Gasteiger partial charge in [-0.3, -0.25) is 4.90 Å². The van der Waals surface area contributed by atoms with E-state index < -0.39 is 0 Å². The number of nitrogens with zero attached hydrogens (tertiary/aromatic N) is 3. The molecule has 5 nitrogen and oxygen atoms in total. The van der Waals surface area contributed by atoms with Crippen LogP contribution in [-0.2, 0) is 0 Å². The van der Waals surface area contributed by atoms with Crippen LogP contribution in [0.2, 0.25) is 0 Å². The van der Waals surface area contributed by atoms with Gasteiger partial charge in [0.15, 0.2) is 0 Å². The van der Waals surface area contributed by atoms with Crippen molar-refractivity contribution in [1.82, 2.24) is 14.7 Å². The summed E-state index contributed by atoms with van der Waals surface area (Å²) in [5.41, 5.74) is 1.15. The molecule has 5 heteroatoms. The van der Waals surface area contributed by atoms with Crippen LogP contribution in [0.3, 0.4) is 0 Å². The van der Waals surface area contributed by atoms with Crippen molar-refractivity contribution in [3.8, 4) is 5.75 Å². The molecule has 0 aromatic heterocycles. The third-order valence-electron chi connectivity index (χ3n) is 5.92. The van der Waals surface area contributed by atoms with E-state index in [1.807, 2.05) is 26.2 Å². The van der Waals surface area contributed by atoms with Gasteiger partial charge < -0.3 is 14.9 Å². The number of phenols is 1. The fourth-order valence-electron chi connectivity index (χ4n) is 4.95. The van der Waals surface area contributed by atoms with Crippen molar-refractivity contribution in [2.45, 2.75) is 30.8 Å². The van der Waals surface area contributed by atoms with Gasteiger partial charge in [0.25, 0.3) is 0 Å². The van der Waals surface area contributed by atoms with Gasteiger partial charge in [-0.15, -0.1) is 0 Å². The molecule has 4 aliphatic rings. The summed E-state index contributed by atoms with van der Waals surface area (Å²) in [7, 11) is 3.67. The third-order valence-corrected chi connectivity index (χ3v) is 5.92. The molecule has 1 aromatic rings. The minimum Gasteiger partial charge on any atom is -0.508 e. The molecule has 0 saturated carbocycles. The number of aromatic hydroxyl groups is 1. The average Bonchev–Trinajstić information content (AvgIpc) is 2.97. The maximum absolute atomic E-state index is 12.7. The van der Waals surface area contributed by atoms with Crippen molar-refractivity contribution in [2.24, 2.45) is 5.92 Å². The summed E-state index contributed by atoms with van der Waals surface area (Å²) in [5, 5.41) is 9.86. The van der Waals surface area contributed by atoms with Crippen molar-refractivity contribution in [3.63, 3.8) is 0 Å². The minimum atomic E-state index is 0.122. The Labute approximate surface area is 137 Å². The van der Waals surface area contributed by atoms with Crippen LogP contribution in [0.4, 0.5) is 4.79 Å². The first kappa shape index (κ1) is 14.8. The van der Waals surface area contributed by atoms with Gasteiger partial charge in [0.05, 0.1) is 6.04 Å². The molecule has 4 aliphatic heterocycles. The molecule has 0 radical (unpaired) electrons. The van der Waals surface area contributed by atoms with Gasteiger partial charge in [-0.25, -0.2) is 4.79 Å². The second-order valence-corrected chi connectivity index (χ2v) is 7.39. The fraction of sp³-hybridized carbons (Fsp3) is 0.611. The monoisotopic (exact) mass is 315 g/mol. The van der Waals surface area contributed by atoms with Crippen LogP contribution in [0.15, 0.2) is 24.3 Å². The molecule has 3 atom stereocenters. The lowest BCUT2D eigenvalue weighted by Gasteiger charge is -2.51. The van der Waals surface area contributed by atoms with Crippen molar-refractivity contribution in [1.29, 1.82) is 0 Å². The van der Waals surface area contributed by atoms with Crippen molar-refractivity contribution >= 4 is 6.03 Å². The smallest absolute Gasteiger partial charge is 0.319 e. The Hall–Kier alpha value is -1.75. The van der Waals surface area contributed by atoms with E-state index in [0.717, 1.165) is 25.2 Å². The van der Waals surface area contributed by atoms with Crippen molar-refractivity contribution < 1.29 is 9.90 Å². The number of carbonyl (C=O) groups is 1. The second kappa shape index (κ2) is 5.41. The first-order valence-electron chi connectivity index (χ1n) is 8.57. The predicted molar refractivity (Wildman–Crippen MR) is 88.5 cm³/mol. The highest BCUT2D eigenvalue weighted by Gasteiger charge is 2.54. The third kappa shape index (κ3) is 2.29. The second-order valence-electron chi connectivity index (χ2n) is 7.39. The molecule has 0 aliphatic carbocycles. The summed E-state index contributed by atoms with van der Waals surface area (Å²) in [6.07, 6.45) is 2.40. The topological polar surface area (TPSA) is 47.0 Å². The van der Waals surface area contributed by atoms with Gasteiger partial charge in [-0.2, -0.15) is 0 Å². The van der Waals surface area contributed by atoms with E-state index >= 15 is 0 Å². The Kier molecular flexibility index (Phi) is 3.48. The van der Waals surface area contributed by atoms with Gasteiger partial charge in [0.1, 0.15) is 5.75 Å². The highest BCUT2D eigenvalue weighted by Crippen LogP contribution is 2.47. The Morgan fingerprint density at radius 1 is 1.22 bits per heavy atom. The molecule has 0 spiro atoms. The number of piperidine rings is 3. The van der Waals surface area contributed by atoms with Crippen LogP contribution in [0.5, 0.6) is 5.75 Å². The van der Waals surface area contributed by atoms with Crippen molar-refractivity contribution in [2.75, 3.05) is 33.7 Å². The predicted octanol–water partition coefficient (Wildman–Crippen LogP) is 1.94. The number of rotatable bonds is 1. The normalized spacial score (nSPS) is 35.2. The van der Waals surface area contributed by atoms with Gasteiger partial charge in [-0.1, -0.05) is 12.1 Å². The Morgan fingerprint density at radius 3 is 2.61 bits per heavy atom. The van der Waals surface area contributed by atoms with Crippen molar-refractivity contribution in [3.05, 3.63) is 29.8 Å². The van der Waals surface area contributed by atoms with Gasteiger partial charge in [0.2, 0.25) is 0 Å². The molecule has 23 heavy (non-hydrogen) atoms. The van der Waals surface area contributed by atoms with E-state index in [9.17, 15) is 9.90 Å². The van der Waals surface area contributed by atoms with Gasteiger partial charge >= 0.3 is 6.03 Å². The zero-order valence-electron chi connectivity index (χ0n) is 13.9. The summed E-state index contributed by atoms with van der Waals surface area (Å²) in [5.74, 6) is 1.22. The summed E-state index contributed by atoms with van der Waals surface area (Å²) < 4.78 is 0. The lowest BCUT2D eigenvalue weighted by atomic mass is 9.75. The highest BCUT2D eigenvalue weighted by molar-refractivity contribution is 5.75. The molecule has 0 unspecified atom stereocenters. The average molecular weight is 315 g/mol. The molecule has 2 amide bonds. The van der Waals surface area contributed by atoms with E-state index in [0.29, 0.717) is 29.7 Å². The zero-order chi connectivity index (χ0) is 16.1. The van der Waals surface area contributed by atoms with Gasteiger partial charge in [-0.05, 0) is 49.5 Å². The first-order valence-corrected chi connectivity index (χ1v) is 8.57. The quantitative estimate of drug-likeness (QED) is 0.861. The number of phenolic OH excluding ortho intramolecular Hbond substituents is 1. The largest absolute Gasteiger partial charge is 0.508 e. The molecule has 4 saturated heterocycles. The molecule has 1 N–H and O–H groups in total. The van der Waals surface area contributed by atoms with Crippen LogP contribution in [0.1, 0.15) is 24.3 Å². The minimum absolute atomic E-state index is 0.122. The van der Waals surface area contributed by atoms with E-state index in [-0.39, 0.29) is 6.03 Å². The summed E-state index contributed by atoms with van der Waals surface area (Å²) in [6.45, 7) is 3.04. The number of carbonyl (C=O) groups excluding carboxylic acids is 1. The highest BCUT2D eigenvalue weighted by atomic mass is 16.3. The molecule has 4 heterocycles. The number of hydrogen-bond acceptors (Lipinski definition) is 3. The summed E-state index contributed by atoms with van der Waals surface area (Å²) in [6, 6.07) is 8.42. The molecule has 2 bridgehead atoms. The van der Waals surface area contributed by atoms with Crippen LogP contribution < -0.4 is 0 Å². The summed E-state index contributed by atoms with van der Waals surface area (Å²) >= 11 is 0.